The zero-order valence-corrected chi connectivity index (χ0v) is 11.4. The van der Waals surface area contributed by atoms with Crippen LogP contribution in [0.15, 0.2) is 42.5 Å². The molecule has 1 unspecified atom stereocenters. The predicted molar refractivity (Wildman–Crippen MR) is 76.4 cm³/mol. The summed E-state index contributed by atoms with van der Waals surface area (Å²) in [7, 11) is 0. The molecule has 2 aromatic rings. The Balaban J connectivity index is 2.22. The van der Waals surface area contributed by atoms with Gasteiger partial charge in [-0.3, -0.25) is 11.3 Å². The fourth-order valence-corrected chi connectivity index (χ4v) is 2.21. The molecular weight excluding hydrogens is 263 g/mol. The van der Waals surface area contributed by atoms with Crippen molar-refractivity contribution in [1.29, 1.82) is 0 Å². The first-order valence-corrected chi connectivity index (χ1v) is 6.44. The van der Waals surface area contributed by atoms with Crippen molar-refractivity contribution in [2.24, 2.45) is 5.84 Å². The molecule has 2 nitrogen and oxygen atoms in total. The first kappa shape index (κ1) is 14.0. The Hall–Kier alpha value is -1.42. The molecule has 19 heavy (non-hydrogen) atoms. The molecule has 0 amide bonds. The van der Waals surface area contributed by atoms with Crippen LogP contribution in [0, 0.1) is 12.7 Å². The minimum Gasteiger partial charge on any atom is -0.271 e. The van der Waals surface area contributed by atoms with Gasteiger partial charge in [0.25, 0.3) is 0 Å². The van der Waals surface area contributed by atoms with Gasteiger partial charge in [-0.25, -0.2) is 4.39 Å². The zero-order valence-electron chi connectivity index (χ0n) is 10.7. The van der Waals surface area contributed by atoms with E-state index in [0.29, 0.717) is 17.0 Å². The van der Waals surface area contributed by atoms with E-state index in [1.54, 1.807) is 13.0 Å². The largest absolute Gasteiger partial charge is 0.271 e. The van der Waals surface area contributed by atoms with Gasteiger partial charge in [0.15, 0.2) is 0 Å². The van der Waals surface area contributed by atoms with Crippen LogP contribution < -0.4 is 11.3 Å². The highest BCUT2D eigenvalue weighted by atomic mass is 35.5. The van der Waals surface area contributed by atoms with E-state index in [1.807, 2.05) is 30.3 Å². The maximum atomic E-state index is 13.6. The molecule has 0 aliphatic carbocycles. The molecule has 0 aliphatic heterocycles. The van der Waals surface area contributed by atoms with Crippen LogP contribution in [0.25, 0.3) is 0 Å². The molecule has 0 saturated carbocycles. The molecular formula is C15H16ClFN2. The van der Waals surface area contributed by atoms with Gasteiger partial charge in [0.2, 0.25) is 0 Å². The number of nitrogens with one attached hydrogen (secondary N) is 1. The second kappa shape index (κ2) is 6.15. The molecule has 1 atom stereocenters. The van der Waals surface area contributed by atoms with Crippen molar-refractivity contribution in [3.8, 4) is 0 Å². The first-order chi connectivity index (χ1) is 9.10. The number of hydrogen-bond acceptors (Lipinski definition) is 2. The Labute approximate surface area is 117 Å². The maximum Gasteiger partial charge on any atom is 0.126 e. The smallest absolute Gasteiger partial charge is 0.126 e. The predicted octanol–water partition coefficient (Wildman–Crippen LogP) is 3.53. The van der Waals surface area contributed by atoms with Crippen LogP contribution in [0.1, 0.15) is 22.7 Å². The Kier molecular flexibility index (Phi) is 4.53. The Morgan fingerprint density at radius 2 is 2.05 bits per heavy atom. The van der Waals surface area contributed by atoms with Crippen LogP contribution >= 0.6 is 11.6 Å². The molecule has 4 heteroatoms. The van der Waals surface area contributed by atoms with Crippen LogP contribution in [-0.2, 0) is 6.42 Å². The second-order valence-electron chi connectivity index (χ2n) is 4.56. The average molecular weight is 279 g/mol. The van der Waals surface area contributed by atoms with Crippen LogP contribution in [-0.4, -0.2) is 0 Å². The van der Waals surface area contributed by atoms with E-state index in [0.717, 1.165) is 11.1 Å². The zero-order chi connectivity index (χ0) is 13.8. The van der Waals surface area contributed by atoms with Crippen molar-refractivity contribution in [2.75, 3.05) is 0 Å². The van der Waals surface area contributed by atoms with Gasteiger partial charge in [-0.1, -0.05) is 35.9 Å². The summed E-state index contributed by atoms with van der Waals surface area (Å²) in [6.45, 7) is 1.74. The summed E-state index contributed by atoms with van der Waals surface area (Å²) in [4.78, 5) is 0. The Bertz CT molecular complexity index is 572. The minimum atomic E-state index is -0.219. The molecule has 3 N–H and O–H groups in total. The summed E-state index contributed by atoms with van der Waals surface area (Å²) in [5.41, 5.74) is 5.23. The van der Waals surface area contributed by atoms with Crippen LogP contribution in [0.2, 0.25) is 5.02 Å². The van der Waals surface area contributed by atoms with Crippen molar-refractivity contribution >= 4 is 11.6 Å². The van der Waals surface area contributed by atoms with E-state index in [1.165, 1.54) is 6.07 Å². The van der Waals surface area contributed by atoms with Gasteiger partial charge in [0.1, 0.15) is 5.82 Å². The lowest BCUT2D eigenvalue weighted by molar-refractivity contribution is 0.543. The summed E-state index contributed by atoms with van der Waals surface area (Å²) in [5.74, 6) is 5.35. The van der Waals surface area contributed by atoms with Crippen LogP contribution in [0.4, 0.5) is 4.39 Å². The molecule has 0 bridgehead atoms. The highest BCUT2D eigenvalue weighted by Gasteiger charge is 2.12. The monoisotopic (exact) mass is 278 g/mol. The van der Waals surface area contributed by atoms with Crippen molar-refractivity contribution in [3.63, 3.8) is 0 Å². The summed E-state index contributed by atoms with van der Waals surface area (Å²) in [6.07, 6.45) is 0.652. The average Bonchev–Trinajstić information content (AvgIpc) is 2.39. The molecule has 2 aromatic carbocycles. The summed E-state index contributed by atoms with van der Waals surface area (Å²) in [6, 6.07) is 12.6. The molecule has 0 aromatic heterocycles. The van der Waals surface area contributed by atoms with E-state index >= 15 is 0 Å². The third-order valence-electron chi connectivity index (χ3n) is 3.13. The topological polar surface area (TPSA) is 38.0 Å². The van der Waals surface area contributed by atoms with E-state index in [4.69, 9.17) is 17.4 Å². The maximum absolute atomic E-state index is 13.6. The number of hydrazine groups is 1. The van der Waals surface area contributed by atoms with Crippen molar-refractivity contribution in [3.05, 3.63) is 70.0 Å². The van der Waals surface area contributed by atoms with E-state index in [-0.39, 0.29) is 11.9 Å². The number of halogens is 2. The molecule has 0 aliphatic rings. The number of nitrogens with two attached hydrogens (primary N) is 1. The lowest BCUT2D eigenvalue weighted by Crippen LogP contribution is -2.29. The fourth-order valence-electron chi connectivity index (χ4n) is 2.00. The standard InChI is InChI=1S/C15H16ClFN2/c1-10-5-6-12(9-14(10)17)15(19-18)8-11-3-2-4-13(16)7-11/h2-7,9,15,19H,8,18H2,1H3. The van der Waals surface area contributed by atoms with E-state index in [2.05, 4.69) is 5.43 Å². The Morgan fingerprint density at radius 1 is 1.26 bits per heavy atom. The lowest BCUT2D eigenvalue weighted by Gasteiger charge is -2.17. The van der Waals surface area contributed by atoms with Gasteiger partial charge in [-0.05, 0) is 48.2 Å². The molecule has 0 heterocycles. The molecule has 0 saturated heterocycles. The molecule has 0 radical (unpaired) electrons. The number of rotatable bonds is 4. The summed E-state index contributed by atoms with van der Waals surface area (Å²) in [5, 5.41) is 0.684. The summed E-state index contributed by atoms with van der Waals surface area (Å²) < 4.78 is 13.6. The SMILES string of the molecule is Cc1ccc(C(Cc2cccc(Cl)c2)NN)cc1F. The number of aryl methyl sites for hydroxylation is 1. The van der Waals surface area contributed by atoms with Crippen molar-refractivity contribution in [2.45, 2.75) is 19.4 Å². The van der Waals surface area contributed by atoms with E-state index < -0.39 is 0 Å². The molecule has 100 valence electrons. The molecule has 2 rings (SSSR count). The van der Waals surface area contributed by atoms with E-state index in [9.17, 15) is 4.39 Å². The van der Waals surface area contributed by atoms with Gasteiger partial charge in [-0.15, -0.1) is 0 Å². The normalized spacial score (nSPS) is 12.4. The van der Waals surface area contributed by atoms with Crippen LogP contribution in [0.3, 0.4) is 0 Å². The highest BCUT2D eigenvalue weighted by Crippen LogP contribution is 2.21. The third kappa shape index (κ3) is 3.53. The van der Waals surface area contributed by atoms with Crippen molar-refractivity contribution < 1.29 is 4.39 Å². The molecule has 0 fully saturated rings. The second-order valence-corrected chi connectivity index (χ2v) is 5.00. The number of benzene rings is 2. The molecule has 0 spiro atoms. The minimum absolute atomic E-state index is 0.145. The van der Waals surface area contributed by atoms with Gasteiger partial charge in [-0.2, -0.15) is 0 Å². The first-order valence-electron chi connectivity index (χ1n) is 6.07. The quantitative estimate of drug-likeness (QED) is 0.663. The van der Waals surface area contributed by atoms with Gasteiger partial charge >= 0.3 is 0 Å². The highest BCUT2D eigenvalue weighted by molar-refractivity contribution is 6.30. The van der Waals surface area contributed by atoms with Gasteiger partial charge in [0, 0.05) is 5.02 Å². The van der Waals surface area contributed by atoms with Gasteiger partial charge < -0.3 is 0 Å². The fraction of sp³-hybridized carbons (Fsp3) is 0.200. The van der Waals surface area contributed by atoms with Crippen LogP contribution in [0.5, 0.6) is 0 Å². The lowest BCUT2D eigenvalue weighted by atomic mass is 9.98. The Morgan fingerprint density at radius 3 is 2.68 bits per heavy atom. The third-order valence-corrected chi connectivity index (χ3v) is 3.36. The van der Waals surface area contributed by atoms with Crippen molar-refractivity contribution in [1.82, 2.24) is 5.43 Å². The summed E-state index contributed by atoms with van der Waals surface area (Å²) >= 11 is 5.95. The van der Waals surface area contributed by atoms with Gasteiger partial charge in [0.05, 0.1) is 6.04 Å². The number of hydrogen-bond donors (Lipinski definition) is 2.